The van der Waals surface area contributed by atoms with Gasteiger partial charge in [-0.15, -0.1) is 0 Å². The molecule has 1 unspecified atom stereocenters. The number of hydrazine groups is 1. The third-order valence-corrected chi connectivity index (χ3v) is 2.04. The molecule has 0 fully saturated rings. The van der Waals surface area contributed by atoms with E-state index in [1.165, 1.54) is 5.69 Å². The standard InChI is InChI=1S/C8H16N4/c1-7(11-9)3-4-8-5-6-10-12(8)2/h5-7,11H,3-4,9H2,1-2H3. The van der Waals surface area contributed by atoms with Crippen LogP contribution in [0, 0.1) is 0 Å². The lowest BCUT2D eigenvalue weighted by atomic mass is 10.1. The summed E-state index contributed by atoms with van der Waals surface area (Å²) in [5.74, 6) is 5.28. The summed E-state index contributed by atoms with van der Waals surface area (Å²) in [7, 11) is 1.95. The molecule has 1 aromatic heterocycles. The van der Waals surface area contributed by atoms with Crippen LogP contribution in [0.4, 0.5) is 0 Å². The fraction of sp³-hybridized carbons (Fsp3) is 0.625. The first-order valence-electron chi connectivity index (χ1n) is 4.17. The summed E-state index contributed by atoms with van der Waals surface area (Å²) in [6.45, 7) is 2.07. The van der Waals surface area contributed by atoms with E-state index in [-0.39, 0.29) is 0 Å². The fourth-order valence-electron chi connectivity index (χ4n) is 1.09. The molecule has 0 saturated carbocycles. The molecule has 1 heterocycles. The lowest BCUT2D eigenvalue weighted by molar-refractivity contribution is 0.521. The molecular weight excluding hydrogens is 152 g/mol. The smallest absolute Gasteiger partial charge is 0.0492 e. The van der Waals surface area contributed by atoms with Gasteiger partial charge < -0.3 is 0 Å². The largest absolute Gasteiger partial charge is 0.273 e. The van der Waals surface area contributed by atoms with Gasteiger partial charge in [0, 0.05) is 25.0 Å². The topological polar surface area (TPSA) is 55.9 Å². The summed E-state index contributed by atoms with van der Waals surface area (Å²) < 4.78 is 1.89. The van der Waals surface area contributed by atoms with Crippen molar-refractivity contribution in [3.05, 3.63) is 18.0 Å². The third kappa shape index (κ3) is 2.32. The zero-order valence-electron chi connectivity index (χ0n) is 7.62. The van der Waals surface area contributed by atoms with Gasteiger partial charge in [0.15, 0.2) is 0 Å². The van der Waals surface area contributed by atoms with Crippen molar-refractivity contribution >= 4 is 0 Å². The second kappa shape index (κ2) is 4.23. The zero-order valence-corrected chi connectivity index (χ0v) is 7.62. The van der Waals surface area contributed by atoms with Crippen LogP contribution in [0.5, 0.6) is 0 Å². The predicted octanol–water partition coefficient (Wildman–Crippen LogP) is 0.205. The minimum atomic E-state index is 0.361. The van der Waals surface area contributed by atoms with Gasteiger partial charge >= 0.3 is 0 Å². The van der Waals surface area contributed by atoms with Gasteiger partial charge in [0.25, 0.3) is 0 Å². The number of nitrogens with zero attached hydrogens (tertiary/aromatic N) is 2. The zero-order chi connectivity index (χ0) is 8.97. The molecule has 0 bridgehead atoms. The minimum absolute atomic E-state index is 0.361. The SMILES string of the molecule is CC(CCc1ccnn1C)NN. The van der Waals surface area contributed by atoms with Crippen LogP contribution in [0.2, 0.25) is 0 Å². The Hall–Kier alpha value is -0.870. The molecule has 12 heavy (non-hydrogen) atoms. The summed E-state index contributed by atoms with van der Waals surface area (Å²) in [4.78, 5) is 0. The fourth-order valence-corrected chi connectivity index (χ4v) is 1.09. The molecule has 4 heteroatoms. The number of hydrogen-bond acceptors (Lipinski definition) is 3. The summed E-state index contributed by atoms with van der Waals surface area (Å²) in [6.07, 6.45) is 3.87. The molecule has 0 aliphatic carbocycles. The summed E-state index contributed by atoms with van der Waals surface area (Å²) in [5.41, 5.74) is 3.96. The maximum absolute atomic E-state index is 5.28. The highest BCUT2D eigenvalue weighted by molar-refractivity contribution is 5.00. The van der Waals surface area contributed by atoms with Crippen molar-refractivity contribution < 1.29 is 0 Å². The van der Waals surface area contributed by atoms with E-state index in [0.717, 1.165) is 12.8 Å². The van der Waals surface area contributed by atoms with E-state index < -0.39 is 0 Å². The van der Waals surface area contributed by atoms with Crippen LogP contribution in [0.1, 0.15) is 19.0 Å². The van der Waals surface area contributed by atoms with E-state index in [1.807, 2.05) is 24.0 Å². The molecule has 0 amide bonds. The van der Waals surface area contributed by atoms with Crippen molar-refractivity contribution in [2.75, 3.05) is 0 Å². The predicted molar refractivity (Wildman–Crippen MR) is 48.3 cm³/mol. The lowest BCUT2D eigenvalue weighted by Crippen LogP contribution is -2.32. The Balaban J connectivity index is 2.38. The number of nitrogens with two attached hydrogens (primary N) is 1. The Morgan fingerprint density at radius 1 is 1.75 bits per heavy atom. The molecule has 0 aliphatic rings. The molecule has 68 valence electrons. The number of rotatable bonds is 4. The minimum Gasteiger partial charge on any atom is -0.273 e. The average molecular weight is 168 g/mol. The van der Waals surface area contributed by atoms with E-state index >= 15 is 0 Å². The van der Waals surface area contributed by atoms with E-state index in [1.54, 1.807) is 0 Å². The quantitative estimate of drug-likeness (QED) is 0.499. The number of hydrogen-bond donors (Lipinski definition) is 2. The normalized spacial score (nSPS) is 13.2. The van der Waals surface area contributed by atoms with Crippen LogP contribution < -0.4 is 11.3 Å². The summed E-state index contributed by atoms with van der Waals surface area (Å²) in [5, 5.41) is 4.09. The Kier molecular flexibility index (Phi) is 3.25. The van der Waals surface area contributed by atoms with Gasteiger partial charge in [0.2, 0.25) is 0 Å². The molecule has 0 radical (unpaired) electrons. The second-order valence-corrected chi connectivity index (χ2v) is 3.05. The van der Waals surface area contributed by atoms with E-state index in [9.17, 15) is 0 Å². The lowest BCUT2D eigenvalue weighted by Gasteiger charge is -2.08. The molecule has 1 atom stereocenters. The first kappa shape index (κ1) is 9.22. The van der Waals surface area contributed by atoms with Crippen LogP contribution in [0.15, 0.2) is 12.3 Å². The molecule has 1 rings (SSSR count). The van der Waals surface area contributed by atoms with Gasteiger partial charge in [0.1, 0.15) is 0 Å². The average Bonchev–Trinajstić information content (AvgIpc) is 2.47. The van der Waals surface area contributed by atoms with Crippen molar-refractivity contribution in [1.29, 1.82) is 0 Å². The highest BCUT2D eigenvalue weighted by Crippen LogP contribution is 2.02. The van der Waals surface area contributed by atoms with Crippen LogP contribution in [0.3, 0.4) is 0 Å². The van der Waals surface area contributed by atoms with Crippen LogP contribution in [-0.4, -0.2) is 15.8 Å². The monoisotopic (exact) mass is 168 g/mol. The van der Waals surface area contributed by atoms with E-state index in [0.29, 0.717) is 6.04 Å². The maximum Gasteiger partial charge on any atom is 0.0492 e. The Labute approximate surface area is 72.7 Å². The van der Waals surface area contributed by atoms with E-state index in [2.05, 4.69) is 17.4 Å². The molecule has 4 nitrogen and oxygen atoms in total. The van der Waals surface area contributed by atoms with Crippen LogP contribution in [0.25, 0.3) is 0 Å². The van der Waals surface area contributed by atoms with Crippen molar-refractivity contribution in [3.8, 4) is 0 Å². The van der Waals surface area contributed by atoms with Crippen molar-refractivity contribution in [2.24, 2.45) is 12.9 Å². The molecule has 0 saturated heterocycles. The molecule has 0 spiro atoms. The number of nitrogens with one attached hydrogen (secondary N) is 1. The molecule has 3 N–H and O–H groups in total. The van der Waals surface area contributed by atoms with Crippen molar-refractivity contribution in [2.45, 2.75) is 25.8 Å². The first-order chi connectivity index (χ1) is 5.74. The van der Waals surface area contributed by atoms with Crippen molar-refractivity contribution in [3.63, 3.8) is 0 Å². The molecule has 1 aromatic rings. The Morgan fingerprint density at radius 2 is 2.50 bits per heavy atom. The van der Waals surface area contributed by atoms with Gasteiger partial charge in [-0.2, -0.15) is 5.10 Å². The van der Waals surface area contributed by atoms with Crippen LogP contribution >= 0.6 is 0 Å². The number of aryl methyl sites for hydroxylation is 2. The molecule has 0 aliphatic heterocycles. The van der Waals surface area contributed by atoms with Gasteiger partial charge in [-0.25, -0.2) is 0 Å². The molecule has 0 aromatic carbocycles. The second-order valence-electron chi connectivity index (χ2n) is 3.05. The third-order valence-electron chi connectivity index (χ3n) is 2.04. The Bertz CT molecular complexity index is 231. The first-order valence-corrected chi connectivity index (χ1v) is 4.17. The van der Waals surface area contributed by atoms with Gasteiger partial charge in [0.05, 0.1) is 0 Å². The summed E-state index contributed by atoms with van der Waals surface area (Å²) in [6, 6.07) is 2.39. The van der Waals surface area contributed by atoms with Gasteiger partial charge in [-0.05, 0) is 25.8 Å². The maximum atomic E-state index is 5.28. The molecular formula is C8H16N4. The van der Waals surface area contributed by atoms with Crippen molar-refractivity contribution in [1.82, 2.24) is 15.2 Å². The van der Waals surface area contributed by atoms with E-state index in [4.69, 9.17) is 5.84 Å². The number of aromatic nitrogens is 2. The highest BCUT2D eigenvalue weighted by Gasteiger charge is 2.01. The van der Waals surface area contributed by atoms with Gasteiger partial charge in [-0.1, -0.05) is 0 Å². The van der Waals surface area contributed by atoms with Gasteiger partial charge in [-0.3, -0.25) is 16.0 Å². The Morgan fingerprint density at radius 3 is 3.00 bits per heavy atom. The highest BCUT2D eigenvalue weighted by atomic mass is 15.3. The van der Waals surface area contributed by atoms with Crippen LogP contribution in [-0.2, 0) is 13.5 Å². The summed E-state index contributed by atoms with van der Waals surface area (Å²) >= 11 is 0.